The summed E-state index contributed by atoms with van der Waals surface area (Å²) in [4.78, 5) is 2.76. The fraction of sp³-hybridized carbons (Fsp3) is 1.00. The number of aliphatic hydroxyl groups excluding tert-OH is 1. The van der Waals surface area contributed by atoms with Crippen LogP contribution in [0, 0.1) is 16.7 Å². The summed E-state index contributed by atoms with van der Waals surface area (Å²) < 4.78 is 0. The molecule has 0 amide bonds. The van der Waals surface area contributed by atoms with Gasteiger partial charge in [0, 0.05) is 12.1 Å². The van der Waals surface area contributed by atoms with Gasteiger partial charge in [-0.05, 0) is 81.7 Å². The molecule has 0 saturated heterocycles. The lowest BCUT2D eigenvalue weighted by Crippen LogP contribution is -2.64. The third-order valence-corrected chi connectivity index (χ3v) is 7.06. The molecule has 2 nitrogen and oxygen atoms in total. The highest BCUT2D eigenvalue weighted by Crippen LogP contribution is 2.67. The molecule has 2 heteroatoms. The Morgan fingerprint density at radius 1 is 0.864 bits per heavy atom. The normalized spacial score (nSPS) is 43.2. The molecule has 0 aromatic carbocycles. The smallest absolute Gasteiger partial charge is 0.0431 e. The van der Waals surface area contributed by atoms with Crippen LogP contribution in [0.1, 0.15) is 84.5 Å². The highest BCUT2D eigenvalue weighted by Gasteiger charge is 2.61. The first-order chi connectivity index (χ1) is 10.4. The van der Waals surface area contributed by atoms with Gasteiger partial charge in [0.25, 0.3) is 0 Å². The number of hydrogen-bond acceptors (Lipinski definition) is 2. The summed E-state index contributed by atoms with van der Waals surface area (Å²) in [5.74, 6) is 0.998. The molecular formula is C20H37NO. The van der Waals surface area contributed by atoms with Gasteiger partial charge in [0.05, 0.1) is 0 Å². The van der Waals surface area contributed by atoms with Crippen molar-refractivity contribution in [3.05, 3.63) is 0 Å². The third kappa shape index (κ3) is 3.24. The molecule has 22 heavy (non-hydrogen) atoms. The van der Waals surface area contributed by atoms with Gasteiger partial charge < -0.3 is 10.0 Å². The van der Waals surface area contributed by atoms with Crippen LogP contribution < -0.4 is 0 Å². The van der Waals surface area contributed by atoms with E-state index in [1.54, 1.807) is 0 Å². The van der Waals surface area contributed by atoms with E-state index in [2.05, 4.69) is 25.8 Å². The van der Waals surface area contributed by atoms with Crippen LogP contribution in [0.15, 0.2) is 0 Å². The van der Waals surface area contributed by atoms with E-state index in [1.807, 2.05) is 0 Å². The van der Waals surface area contributed by atoms with Crippen molar-refractivity contribution in [2.24, 2.45) is 16.7 Å². The molecule has 0 radical (unpaired) electrons. The zero-order valence-electron chi connectivity index (χ0n) is 15.2. The molecule has 4 aliphatic carbocycles. The summed E-state index contributed by atoms with van der Waals surface area (Å²) in [6, 6.07) is 0. The highest BCUT2D eigenvalue weighted by molar-refractivity contribution is 5.14. The zero-order valence-corrected chi connectivity index (χ0v) is 15.2. The summed E-state index contributed by atoms with van der Waals surface area (Å²) in [6.45, 7) is 6.79. The van der Waals surface area contributed by atoms with E-state index in [0.29, 0.717) is 23.0 Å². The molecule has 0 unspecified atom stereocenters. The van der Waals surface area contributed by atoms with Crippen molar-refractivity contribution >= 4 is 0 Å². The van der Waals surface area contributed by atoms with Gasteiger partial charge in [-0.3, -0.25) is 0 Å². The van der Waals surface area contributed by atoms with Gasteiger partial charge in [-0.25, -0.2) is 0 Å². The van der Waals surface area contributed by atoms with Gasteiger partial charge in [0.15, 0.2) is 0 Å². The Balaban J connectivity index is 1.54. The van der Waals surface area contributed by atoms with Gasteiger partial charge in [0.1, 0.15) is 0 Å². The van der Waals surface area contributed by atoms with Crippen LogP contribution >= 0.6 is 0 Å². The van der Waals surface area contributed by atoms with Crippen LogP contribution in [0.2, 0.25) is 0 Å². The third-order valence-electron chi connectivity index (χ3n) is 7.06. The van der Waals surface area contributed by atoms with Crippen LogP contribution in [0.4, 0.5) is 0 Å². The van der Waals surface area contributed by atoms with E-state index in [1.165, 1.54) is 70.8 Å². The summed E-state index contributed by atoms with van der Waals surface area (Å²) >= 11 is 0. The Labute approximate surface area is 137 Å². The van der Waals surface area contributed by atoms with Crippen molar-refractivity contribution in [2.75, 3.05) is 20.2 Å². The Morgan fingerprint density at radius 2 is 1.45 bits per heavy atom. The fourth-order valence-electron chi connectivity index (χ4n) is 7.04. The second kappa shape index (κ2) is 6.09. The summed E-state index contributed by atoms with van der Waals surface area (Å²) in [5, 5.41) is 8.85. The van der Waals surface area contributed by atoms with Crippen molar-refractivity contribution in [3.8, 4) is 0 Å². The second-order valence-electron chi connectivity index (χ2n) is 9.77. The van der Waals surface area contributed by atoms with Crippen molar-refractivity contribution in [3.63, 3.8) is 0 Å². The predicted octanol–water partition coefficient (Wildman–Crippen LogP) is 4.61. The van der Waals surface area contributed by atoms with Crippen molar-refractivity contribution in [1.29, 1.82) is 0 Å². The second-order valence-corrected chi connectivity index (χ2v) is 9.77. The number of unbranched alkanes of at least 4 members (excludes halogenated alkanes) is 4. The van der Waals surface area contributed by atoms with Gasteiger partial charge in [-0.2, -0.15) is 0 Å². The Hall–Kier alpha value is -0.0800. The molecule has 4 rings (SSSR count). The minimum atomic E-state index is 0.363. The van der Waals surface area contributed by atoms with Crippen LogP contribution in [-0.4, -0.2) is 35.7 Å². The molecule has 4 aliphatic rings. The molecule has 0 heterocycles. The number of aliphatic hydroxyl groups is 1. The molecule has 0 aromatic rings. The number of nitrogens with zero attached hydrogens (tertiary/aromatic N) is 1. The topological polar surface area (TPSA) is 23.5 Å². The Kier molecular flexibility index (Phi) is 4.64. The lowest BCUT2D eigenvalue weighted by atomic mass is 9.42. The molecule has 128 valence electrons. The van der Waals surface area contributed by atoms with Crippen molar-refractivity contribution in [1.82, 2.24) is 4.90 Å². The maximum Gasteiger partial charge on any atom is 0.0431 e. The first-order valence-corrected chi connectivity index (χ1v) is 9.71. The summed E-state index contributed by atoms with van der Waals surface area (Å²) in [6.07, 6.45) is 15.0. The summed E-state index contributed by atoms with van der Waals surface area (Å²) in [7, 11) is 2.41. The maximum absolute atomic E-state index is 8.85. The molecule has 4 fully saturated rings. The maximum atomic E-state index is 8.85. The predicted molar refractivity (Wildman–Crippen MR) is 92.9 cm³/mol. The summed E-state index contributed by atoms with van der Waals surface area (Å²) in [5.41, 5.74) is 1.78. The SMILES string of the molecule is CN(CCCCCCCO)[C@]12C[C@@H]3C[C@@](C)(C[C@@](C)(C3)C1)C2. The van der Waals surface area contributed by atoms with E-state index in [-0.39, 0.29) is 0 Å². The minimum absolute atomic E-state index is 0.363. The monoisotopic (exact) mass is 307 g/mol. The van der Waals surface area contributed by atoms with Crippen LogP contribution in [0.5, 0.6) is 0 Å². The molecule has 4 bridgehead atoms. The first kappa shape index (κ1) is 16.8. The average Bonchev–Trinajstić information content (AvgIpc) is 2.38. The Bertz CT molecular complexity index is 375. The molecule has 0 spiro atoms. The van der Waals surface area contributed by atoms with Crippen LogP contribution in [0.25, 0.3) is 0 Å². The van der Waals surface area contributed by atoms with Crippen molar-refractivity contribution < 1.29 is 5.11 Å². The lowest BCUT2D eigenvalue weighted by molar-refractivity contribution is -0.156. The van der Waals surface area contributed by atoms with E-state index in [4.69, 9.17) is 5.11 Å². The minimum Gasteiger partial charge on any atom is -0.396 e. The average molecular weight is 308 g/mol. The standard InChI is InChI=1S/C20H37NO/c1-18-11-17-12-19(2,14-18)16-20(13-17,15-18)21(3)9-7-5-4-6-8-10-22/h17,22H,4-16H2,1-3H3/t17-,18+,19-,20+. The number of rotatable bonds is 8. The molecular weight excluding hydrogens is 270 g/mol. The first-order valence-electron chi connectivity index (χ1n) is 9.71. The van der Waals surface area contributed by atoms with E-state index in [0.717, 1.165) is 12.3 Å². The molecule has 4 saturated carbocycles. The molecule has 0 aliphatic heterocycles. The van der Waals surface area contributed by atoms with Gasteiger partial charge in [-0.15, -0.1) is 0 Å². The quantitative estimate of drug-likeness (QED) is 0.662. The number of hydrogen-bond donors (Lipinski definition) is 1. The largest absolute Gasteiger partial charge is 0.396 e. The zero-order chi connectivity index (χ0) is 15.8. The lowest BCUT2D eigenvalue weighted by Gasteiger charge is -2.67. The van der Waals surface area contributed by atoms with Gasteiger partial charge in [-0.1, -0.05) is 33.1 Å². The van der Waals surface area contributed by atoms with Gasteiger partial charge >= 0.3 is 0 Å². The Morgan fingerprint density at radius 3 is 2.05 bits per heavy atom. The van der Waals surface area contributed by atoms with Crippen molar-refractivity contribution in [2.45, 2.75) is 90.0 Å². The van der Waals surface area contributed by atoms with Gasteiger partial charge in [0.2, 0.25) is 0 Å². The van der Waals surface area contributed by atoms with E-state index < -0.39 is 0 Å². The highest BCUT2D eigenvalue weighted by atomic mass is 16.2. The van der Waals surface area contributed by atoms with Crippen LogP contribution in [0.3, 0.4) is 0 Å². The molecule has 1 N–H and O–H groups in total. The van der Waals surface area contributed by atoms with E-state index >= 15 is 0 Å². The molecule has 0 aromatic heterocycles. The van der Waals surface area contributed by atoms with Crippen LogP contribution in [-0.2, 0) is 0 Å². The molecule has 4 atom stereocenters. The fourth-order valence-corrected chi connectivity index (χ4v) is 7.04. The van der Waals surface area contributed by atoms with E-state index in [9.17, 15) is 0 Å².